The van der Waals surface area contributed by atoms with Gasteiger partial charge < -0.3 is 5.32 Å². The molecule has 2 aliphatic carbocycles. The molecular weight excluding hydrogens is 401 g/mol. The van der Waals surface area contributed by atoms with Crippen LogP contribution >= 0.6 is 11.6 Å². The molecule has 0 unspecified atom stereocenters. The summed E-state index contributed by atoms with van der Waals surface area (Å²) in [6.07, 6.45) is 4.55. The van der Waals surface area contributed by atoms with E-state index in [9.17, 15) is 9.18 Å². The average Bonchev–Trinajstić information content (AvgIpc) is 3.23. The Balaban J connectivity index is 1.27. The third-order valence-corrected chi connectivity index (χ3v) is 7.11. The van der Waals surface area contributed by atoms with E-state index in [4.69, 9.17) is 11.6 Å². The molecule has 2 aliphatic rings. The summed E-state index contributed by atoms with van der Waals surface area (Å²) in [7, 11) is 0. The summed E-state index contributed by atoms with van der Waals surface area (Å²) >= 11 is 5.92. The van der Waals surface area contributed by atoms with Gasteiger partial charge in [-0.25, -0.2) is 14.4 Å². The van der Waals surface area contributed by atoms with Crippen LogP contribution in [0, 0.1) is 23.6 Å². The Morgan fingerprint density at radius 2 is 1.90 bits per heavy atom. The maximum absolute atomic E-state index is 13.8. The highest BCUT2D eigenvalue weighted by molar-refractivity contribution is 6.30. The van der Waals surface area contributed by atoms with Crippen LogP contribution in [-0.2, 0) is 0 Å². The molecule has 1 N–H and O–H groups in total. The SMILES string of the molecule is CC[C@@H](NC(=O)c1ccc(Cl)cc1)[C@H]1[C@@H]2C[C@@H](c3ncnc4ccc(F)cc34)C[C@@H]21. The zero-order valence-electron chi connectivity index (χ0n) is 16.7. The minimum Gasteiger partial charge on any atom is -0.349 e. The van der Waals surface area contributed by atoms with Crippen molar-refractivity contribution >= 4 is 28.4 Å². The van der Waals surface area contributed by atoms with Gasteiger partial charge in [0.2, 0.25) is 0 Å². The summed E-state index contributed by atoms with van der Waals surface area (Å²) in [4.78, 5) is 21.4. The summed E-state index contributed by atoms with van der Waals surface area (Å²) in [6, 6.07) is 11.9. The van der Waals surface area contributed by atoms with Gasteiger partial charge in [0.1, 0.15) is 12.1 Å². The number of halogens is 2. The van der Waals surface area contributed by atoms with Crippen molar-refractivity contribution in [3.63, 3.8) is 0 Å². The largest absolute Gasteiger partial charge is 0.349 e. The first-order chi connectivity index (χ1) is 14.5. The topological polar surface area (TPSA) is 54.9 Å². The van der Waals surface area contributed by atoms with Crippen molar-refractivity contribution in [3.05, 3.63) is 70.9 Å². The third kappa shape index (κ3) is 3.45. The van der Waals surface area contributed by atoms with Crippen molar-refractivity contribution in [2.24, 2.45) is 17.8 Å². The van der Waals surface area contributed by atoms with Crippen LogP contribution in [0.25, 0.3) is 10.9 Å². The summed E-state index contributed by atoms with van der Waals surface area (Å²) in [5.74, 6) is 1.71. The van der Waals surface area contributed by atoms with Crippen molar-refractivity contribution in [1.82, 2.24) is 15.3 Å². The lowest BCUT2D eigenvalue weighted by molar-refractivity contribution is 0.0927. The fourth-order valence-corrected chi connectivity index (χ4v) is 5.54. The Kier molecular flexibility index (Phi) is 4.94. The van der Waals surface area contributed by atoms with E-state index in [1.54, 1.807) is 42.7 Å². The number of aromatic nitrogens is 2. The van der Waals surface area contributed by atoms with Crippen molar-refractivity contribution in [2.45, 2.75) is 38.1 Å². The van der Waals surface area contributed by atoms with Gasteiger partial charge in [-0.15, -0.1) is 0 Å². The van der Waals surface area contributed by atoms with Crippen molar-refractivity contribution in [1.29, 1.82) is 0 Å². The van der Waals surface area contributed by atoms with Crippen LogP contribution in [0.5, 0.6) is 0 Å². The Bertz CT molecular complexity index is 1090. The molecule has 4 nitrogen and oxygen atoms in total. The average molecular weight is 424 g/mol. The lowest BCUT2D eigenvalue weighted by Crippen LogP contribution is -2.37. The summed E-state index contributed by atoms with van der Waals surface area (Å²) < 4.78 is 13.8. The molecule has 2 fully saturated rings. The van der Waals surface area contributed by atoms with Crippen LogP contribution in [0.4, 0.5) is 4.39 Å². The molecule has 2 saturated carbocycles. The van der Waals surface area contributed by atoms with Crippen LogP contribution in [-0.4, -0.2) is 21.9 Å². The summed E-state index contributed by atoms with van der Waals surface area (Å²) in [5, 5.41) is 4.67. The third-order valence-electron chi connectivity index (χ3n) is 6.85. The predicted molar refractivity (Wildman–Crippen MR) is 115 cm³/mol. The molecule has 0 radical (unpaired) electrons. The van der Waals surface area contributed by atoms with E-state index in [0.29, 0.717) is 34.3 Å². The standard InChI is InChI=1S/C24H23ClFN3O/c1-2-20(29-24(30)13-3-5-15(25)6-4-13)22-17-9-14(10-18(17)22)23-19-11-16(26)7-8-21(19)27-12-28-23/h3-8,11-12,14,17-18,20,22H,2,9-10H2,1H3,(H,29,30)/t14-,17-,18+,20-,22+/m1/s1. The molecule has 1 heterocycles. The molecule has 154 valence electrons. The van der Waals surface area contributed by atoms with Gasteiger partial charge in [0.25, 0.3) is 5.91 Å². The number of benzene rings is 2. The van der Waals surface area contributed by atoms with Gasteiger partial charge in [-0.3, -0.25) is 4.79 Å². The van der Waals surface area contributed by atoms with Crippen LogP contribution in [0.3, 0.4) is 0 Å². The number of amides is 1. The molecule has 6 heteroatoms. The first-order valence-electron chi connectivity index (χ1n) is 10.5. The lowest BCUT2D eigenvalue weighted by Gasteiger charge is -2.22. The maximum atomic E-state index is 13.8. The van der Waals surface area contributed by atoms with E-state index in [-0.39, 0.29) is 17.8 Å². The van der Waals surface area contributed by atoms with Gasteiger partial charge in [-0.05, 0) is 79.5 Å². The lowest BCUT2D eigenvalue weighted by atomic mass is 9.91. The molecule has 30 heavy (non-hydrogen) atoms. The molecule has 1 aromatic heterocycles. The number of carbonyl (C=O) groups is 1. The highest BCUT2D eigenvalue weighted by Gasteiger charge is 2.59. The zero-order chi connectivity index (χ0) is 20.8. The second-order valence-corrected chi connectivity index (χ2v) is 8.93. The van der Waals surface area contributed by atoms with Gasteiger partial charge >= 0.3 is 0 Å². The normalized spacial score (nSPS) is 25.7. The quantitative estimate of drug-likeness (QED) is 0.600. The monoisotopic (exact) mass is 423 g/mol. The van der Waals surface area contributed by atoms with Crippen LogP contribution in [0.2, 0.25) is 5.02 Å². The number of carbonyl (C=O) groups excluding carboxylic acids is 1. The van der Waals surface area contributed by atoms with E-state index in [1.165, 1.54) is 6.07 Å². The van der Waals surface area contributed by atoms with Crippen LogP contribution in [0.15, 0.2) is 48.8 Å². The Morgan fingerprint density at radius 1 is 1.17 bits per heavy atom. The molecule has 5 rings (SSSR count). The first-order valence-corrected chi connectivity index (χ1v) is 10.9. The molecular formula is C24H23ClFN3O. The fraction of sp³-hybridized carbons (Fsp3) is 0.375. The van der Waals surface area contributed by atoms with Crippen molar-refractivity contribution in [2.75, 3.05) is 0 Å². The molecule has 5 atom stereocenters. The van der Waals surface area contributed by atoms with Gasteiger partial charge in [-0.2, -0.15) is 0 Å². The molecule has 0 bridgehead atoms. The summed E-state index contributed by atoms with van der Waals surface area (Å²) in [6.45, 7) is 2.12. The van der Waals surface area contributed by atoms with Gasteiger partial charge in [0.05, 0.1) is 11.2 Å². The molecule has 1 amide bonds. The minimum atomic E-state index is -0.254. The van der Waals surface area contributed by atoms with E-state index in [1.807, 2.05) is 0 Å². The second-order valence-electron chi connectivity index (χ2n) is 8.49. The fourth-order valence-electron chi connectivity index (χ4n) is 5.41. The molecule has 0 spiro atoms. The highest BCUT2D eigenvalue weighted by atomic mass is 35.5. The van der Waals surface area contributed by atoms with E-state index in [2.05, 4.69) is 22.2 Å². The molecule has 2 aromatic carbocycles. The Labute approximate surface area is 179 Å². The van der Waals surface area contributed by atoms with Gasteiger partial charge in [0.15, 0.2) is 0 Å². The first kappa shape index (κ1) is 19.4. The highest BCUT2D eigenvalue weighted by Crippen LogP contribution is 2.63. The smallest absolute Gasteiger partial charge is 0.251 e. The number of nitrogens with zero attached hydrogens (tertiary/aromatic N) is 2. The number of hydrogen-bond donors (Lipinski definition) is 1. The molecule has 3 aromatic rings. The second kappa shape index (κ2) is 7.62. The Morgan fingerprint density at radius 3 is 2.60 bits per heavy atom. The maximum Gasteiger partial charge on any atom is 0.251 e. The Hall–Kier alpha value is -2.53. The van der Waals surface area contributed by atoms with Gasteiger partial charge in [-0.1, -0.05) is 18.5 Å². The predicted octanol–water partition coefficient (Wildman–Crippen LogP) is 5.37. The minimum absolute atomic E-state index is 0.0442. The number of nitrogens with one attached hydrogen (secondary N) is 1. The van der Waals surface area contributed by atoms with Crippen molar-refractivity contribution < 1.29 is 9.18 Å². The summed E-state index contributed by atoms with van der Waals surface area (Å²) in [5.41, 5.74) is 2.39. The van der Waals surface area contributed by atoms with E-state index >= 15 is 0 Å². The number of rotatable bonds is 5. The number of hydrogen-bond acceptors (Lipinski definition) is 3. The molecule has 0 aliphatic heterocycles. The van der Waals surface area contributed by atoms with Crippen LogP contribution in [0.1, 0.15) is 48.2 Å². The van der Waals surface area contributed by atoms with Gasteiger partial charge in [0, 0.05) is 27.9 Å². The van der Waals surface area contributed by atoms with E-state index < -0.39 is 0 Å². The number of fused-ring (bicyclic) bond motifs is 2. The zero-order valence-corrected chi connectivity index (χ0v) is 17.4. The molecule has 0 saturated heterocycles. The van der Waals surface area contributed by atoms with Crippen LogP contribution < -0.4 is 5.32 Å². The van der Waals surface area contributed by atoms with Crippen molar-refractivity contribution in [3.8, 4) is 0 Å². The van der Waals surface area contributed by atoms with E-state index in [0.717, 1.165) is 35.9 Å².